The van der Waals surface area contributed by atoms with Gasteiger partial charge in [0.2, 0.25) is 5.91 Å². The fourth-order valence-electron chi connectivity index (χ4n) is 3.28. The lowest BCUT2D eigenvalue weighted by atomic mass is 9.85. The van der Waals surface area contributed by atoms with Gasteiger partial charge in [-0.3, -0.25) is 4.79 Å². The quantitative estimate of drug-likeness (QED) is 0.897. The van der Waals surface area contributed by atoms with Gasteiger partial charge >= 0.3 is 0 Å². The van der Waals surface area contributed by atoms with Crippen LogP contribution >= 0.6 is 0 Å². The Kier molecular flexibility index (Phi) is 4.43. The predicted octanol–water partition coefficient (Wildman–Crippen LogP) is 2.57. The number of benzene rings is 1. The molecule has 2 N–H and O–H groups in total. The molecule has 1 amide bonds. The van der Waals surface area contributed by atoms with Crippen molar-refractivity contribution in [2.75, 3.05) is 13.1 Å². The smallest absolute Gasteiger partial charge is 0.223 e. The number of hydrogen-bond donors (Lipinski definition) is 2. The molecular weight excluding hydrogens is 286 g/mol. The van der Waals surface area contributed by atoms with Crippen LogP contribution in [0.25, 0.3) is 0 Å². The number of amides is 1. The van der Waals surface area contributed by atoms with Crippen LogP contribution in [0.2, 0.25) is 0 Å². The zero-order chi connectivity index (χ0) is 15.7. The Morgan fingerprint density at radius 3 is 2.73 bits per heavy atom. The van der Waals surface area contributed by atoms with Crippen LogP contribution in [0.3, 0.4) is 0 Å². The molecule has 0 bridgehead atoms. The second kappa shape index (κ2) is 6.32. The third kappa shape index (κ3) is 3.29. The van der Waals surface area contributed by atoms with Gasteiger partial charge in [-0.05, 0) is 49.4 Å². The Labute approximate surface area is 129 Å². The summed E-state index contributed by atoms with van der Waals surface area (Å²) >= 11 is 0. The van der Waals surface area contributed by atoms with Crippen molar-refractivity contribution in [2.45, 2.75) is 38.1 Å². The zero-order valence-electron chi connectivity index (χ0n) is 12.7. The van der Waals surface area contributed by atoms with Crippen LogP contribution in [-0.4, -0.2) is 25.0 Å². The van der Waals surface area contributed by atoms with E-state index >= 15 is 0 Å². The number of hydrogen-bond acceptors (Lipinski definition) is 2. The van der Waals surface area contributed by atoms with Gasteiger partial charge in [0.25, 0.3) is 0 Å². The lowest BCUT2D eigenvalue weighted by Crippen LogP contribution is -2.51. The highest BCUT2D eigenvalue weighted by Crippen LogP contribution is 2.37. The first kappa shape index (κ1) is 15.4. The molecule has 0 radical (unpaired) electrons. The largest absolute Gasteiger partial charge is 0.351 e. The molecule has 1 heterocycles. The first-order valence-electron chi connectivity index (χ1n) is 8.02. The van der Waals surface area contributed by atoms with E-state index < -0.39 is 11.6 Å². The van der Waals surface area contributed by atoms with Crippen molar-refractivity contribution in [1.82, 2.24) is 10.6 Å². The van der Waals surface area contributed by atoms with Crippen LogP contribution < -0.4 is 10.6 Å². The minimum atomic E-state index is -0.833. The van der Waals surface area contributed by atoms with Gasteiger partial charge in [0.1, 0.15) is 0 Å². The van der Waals surface area contributed by atoms with Crippen molar-refractivity contribution in [3.63, 3.8) is 0 Å². The van der Waals surface area contributed by atoms with E-state index in [0.717, 1.165) is 31.4 Å². The summed E-state index contributed by atoms with van der Waals surface area (Å²) in [5, 5.41) is 6.37. The van der Waals surface area contributed by atoms with E-state index in [0.29, 0.717) is 12.5 Å². The van der Waals surface area contributed by atoms with E-state index in [-0.39, 0.29) is 23.8 Å². The average Bonchev–Trinajstić information content (AvgIpc) is 3.34. The van der Waals surface area contributed by atoms with Crippen LogP contribution in [0.15, 0.2) is 18.2 Å². The van der Waals surface area contributed by atoms with Gasteiger partial charge in [0.05, 0.1) is 0 Å². The van der Waals surface area contributed by atoms with Gasteiger partial charge in [-0.1, -0.05) is 13.0 Å². The Hall–Kier alpha value is -1.49. The second-order valence-corrected chi connectivity index (χ2v) is 6.51. The molecule has 1 aromatic carbocycles. The average molecular weight is 308 g/mol. The van der Waals surface area contributed by atoms with Crippen molar-refractivity contribution in [3.05, 3.63) is 35.4 Å². The Bertz CT molecular complexity index is 560. The van der Waals surface area contributed by atoms with Crippen LogP contribution in [-0.2, 0) is 4.79 Å². The molecule has 1 aliphatic carbocycles. The molecule has 3 atom stereocenters. The van der Waals surface area contributed by atoms with Crippen molar-refractivity contribution in [3.8, 4) is 0 Å². The van der Waals surface area contributed by atoms with Crippen LogP contribution in [0.5, 0.6) is 0 Å². The fraction of sp³-hybridized carbons (Fsp3) is 0.588. The lowest BCUT2D eigenvalue weighted by molar-refractivity contribution is -0.126. The third-order valence-corrected chi connectivity index (χ3v) is 4.92. The minimum absolute atomic E-state index is 0.0201. The summed E-state index contributed by atoms with van der Waals surface area (Å²) in [7, 11) is 0. The standard InChI is InChI=1S/C17H22F2N2O/c1-10(11-2-3-11)17(22)21-16-9-20-7-6-13(16)12-4-5-14(18)15(19)8-12/h4-5,8,10-11,13,16,20H,2-3,6-7,9H2,1H3,(H,21,22). The minimum Gasteiger partial charge on any atom is -0.351 e. The number of carbonyl (C=O) groups is 1. The summed E-state index contributed by atoms with van der Waals surface area (Å²) in [5.41, 5.74) is 0.754. The van der Waals surface area contributed by atoms with Gasteiger partial charge in [0.15, 0.2) is 11.6 Å². The number of carbonyl (C=O) groups excluding carboxylic acids is 1. The molecule has 1 saturated heterocycles. The maximum absolute atomic E-state index is 13.5. The molecular formula is C17H22F2N2O. The van der Waals surface area contributed by atoms with Crippen LogP contribution in [0.1, 0.15) is 37.7 Å². The molecule has 0 aromatic heterocycles. The molecule has 22 heavy (non-hydrogen) atoms. The Balaban J connectivity index is 1.72. The summed E-state index contributed by atoms with van der Waals surface area (Å²) in [5.74, 6) is -1.02. The van der Waals surface area contributed by atoms with Gasteiger partial charge in [0, 0.05) is 24.4 Å². The topological polar surface area (TPSA) is 41.1 Å². The summed E-state index contributed by atoms with van der Waals surface area (Å²) in [6.07, 6.45) is 3.06. The highest BCUT2D eigenvalue weighted by molar-refractivity contribution is 5.79. The van der Waals surface area contributed by atoms with Gasteiger partial charge in [-0.25, -0.2) is 8.78 Å². The molecule has 3 unspecified atom stereocenters. The van der Waals surface area contributed by atoms with Gasteiger partial charge in [-0.2, -0.15) is 0 Å². The molecule has 1 aromatic rings. The lowest BCUT2D eigenvalue weighted by Gasteiger charge is -2.34. The molecule has 1 aliphatic heterocycles. The second-order valence-electron chi connectivity index (χ2n) is 6.51. The molecule has 0 spiro atoms. The molecule has 120 valence electrons. The monoisotopic (exact) mass is 308 g/mol. The van der Waals surface area contributed by atoms with E-state index in [1.807, 2.05) is 6.92 Å². The van der Waals surface area contributed by atoms with Crippen molar-refractivity contribution >= 4 is 5.91 Å². The fourth-order valence-corrected chi connectivity index (χ4v) is 3.28. The normalized spacial score (nSPS) is 26.5. The maximum Gasteiger partial charge on any atom is 0.223 e. The molecule has 3 nitrogen and oxygen atoms in total. The first-order valence-corrected chi connectivity index (χ1v) is 8.02. The molecule has 3 rings (SSSR count). The highest BCUT2D eigenvalue weighted by Gasteiger charge is 2.35. The molecule has 2 fully saturated rings. The third-order valence-electron chi connectivity index (χ3n) is 4.92. The number of halogens is 2. The summed E-state index contributed by atoms with van der Waals surface area (Å²) in [6.45, 7) is 3.44. The first-order chi connectivity index (χ1) is 10.6. The number of rotatable bonds is 4. The number of piperidine rings is 1. The van der Waals surface area contributed by atoms with Crippen molar-refractivity contribution in [1.29, 1.82) is 0 Å². The maximum atomic E-state index is 13.5. The van der Waals surface area contributed by atoms with Crippen LogP contribution in [0, 0.1) is 23.5 Å². The predicted molar refractivity (Wildman–Crippen MR) is 80.4 cm³/mol. The zero-order valence-corrected chi connectivity index (χ0v) is 12.7. The van der Waals surface area contributed by atoms with E-state index in [9.17, 15) is 13.6 Å². The van der Waals surface area contributed by atoms with Crippen molar-refractivity contribution in [2.24, 2.45) is 11.8 Å². The molecule has 1 saturated carbocycles. The van der Waals surface area contributed by atoms with E-state index in [4.69, 9.17) is 0 Å². The van der Waals surface area contributed by atoms with Gasteiger partial charge < -0.3 is 10.6 Å². The van der Waals surface area contributed by atoms with Crippen molar-refractivity contribution < 1.29 is 13.6 Å². The SMILES string of the molecule is CC(C(=O)NC1CNCCC1c1ccc(F)c(F)c1)C1CC1. The van der Waals surface area contributed by atoms with Gasteiger partial charge in [-0.15, -0.1) is 0 Å². The highest BCUT2D eigenvalue weighted by atomic mass is 19.2. The Morgan fingerprint density at radius 1 is 1.27 bits per heavy atom. The number of nitrogens with one attached hydrogen (secondary N) is 2. The van der Waals surface area contributed by atoms with E-state index in [1.165, 1.54) is 12.1 Å². The van der Waals surface area contributed by atoms with E-state index in [1.54, 1.807) is 6.07 Å². The summed E-state index contributed by atoms with van der Waals surface area (Å²) < 4.78 is 26.6. The van der Waals surface area contributed by atoms with E-state index in [2.05, 4.69) is 10.6 Å². The molecule has 5 heteroatoms. The van der Waals surface area contributed by atoms with Crippen LogP contribution in [0.4, 0.5) is 8.78 Å². The summed E-state index contributed by atoms with van der Waals surface area (Å²) in [6, 6.07) is 3.97. The molecule has 2 aliphatic rings. The Morgan fingerprint density at radius 2 is 2.05 bits per heavy atom. The summed E-state index contributed by atoms with van der Waals surface area (Å²) in [4.78, 5) is 12.3.